The van der Waals surface area contributed by atoms with Gasteiger partial charge in [-0.2, -0.15) is 0 Å². The summed E-state index contributed by atoms with van der Waals surface area (Å²) in [7, 11) is 0. The lowest BCUT2D eigenvalue weighted by atomic mass is 10.1. The van der Waals surface area contributed by atoms with Crippen LogP contribution in [0, 0.1) is 5.82 Å². The van der Waals surface area contributed by atoms with E-state index in [2.05, 4.69) is 5.32 Å². The highest BCUT2D eigenvalue weighted by atomic mass is 19.1. The molecule has 5 nitrogen and oxygen atoms in total. The fraction of sp³-hybridized carbons (Fsp3) is 0.333. The van der Waals surface area contributed by atoms with Gasteiger partial charge in [-0.3, -0.25) is 4.79 Å². The number of carbonyl (C=O) groups excluding carboxylic acids is 1. The Hall–Kier alpha value is -2.11. The van der Waals surface area contributed by atoms with E-state index in [0.717, 1.165) is 6.07 Å². The number of nitrogen functional groups attached to an aromatic ring is 1. The van der Waals surface area contributed by atoms with E-state index >= 15 is 0 Å². The molecule has 0 unspecified atom stereocenters. The van der Waals surface area contributed by atoms with E-state index in [0.29, 0.717) is 6.42 Å². The van der Waals surface area contributed by atoms with Gasteiger partial charge in [-0.1, -0.05) is 13.3 Å². The third kappa shape index (κ3) is 3.44. The number of anilines is 1. The fourth-order valence-electron chi connectivity index (χ4n) is 1.50. The molecule has 1 rings (SSSR count). The van der Waals surface area contributed by atoms with Crippen molar-refractivity contribution in [3.05, 3.63) is 29.6 Å². The number of carbonyl (C=O) groups is 2. The number of carboxylic acid groups (broad SMARTS) is 1. The van der Waals surface area contributed by atoms with Gasteiger partial charge in [0.2, 0.25) is 0 Å². The highest BCUT2D eigenvalue weighted by molar-refractivity contribution is 5.97. The van der Waals surface area contributed by atoms with E-state index in [1.54, 1.807) is 6.92 Å². The van der Waals surface area contributed by atoms with Gasteiger partial charge < -0.3 is 16.2 Å². The summed E-state index contributed by atoms with van der Waals surface area (Å²) in [6.45, 7) is 1.80. The molecule has 0 aliphatic heterocycles. The number of rotatable bonds is 5. The first kappa shape index (κ1) is 14.0. The highest BCUT2D eigenvalue weighted by Crippen LogP contribution is 2.12. The van der Waals surface area contributed by atoms with Crippen LogP contribution in [0.3, 0.4) is 0 Å². The molecule has 0 saturated heterocycles. The molecule has 0 fully saturated rings. The number of hydrogen-bond acceptors (Lipinski definition) is 3. The van der Waals surface area contributed by atoms with Gasteiger partial charge in [0, 0.05) is 5.69 Å². The minimum atomic E-state index is -1.14. The second-order valence-electron chi connectivity index (χ2n) is 3.89. The van der Waals surface area contributed by atoms with Crippen molar-refractivity contribution in [3.8, 4) is 0 Å². The number of carboxylic acids is 1. The standard InChI is InChI=1S/C12H15FN2O3/c1-2-3-10(12(17)18)15-11(16)8-5-4-7(14)6-9(8)13/h4-6,10H,2-3,14H2,1H3,(H,15,16)(H,17,18)/t10-/m0/s1. The fourth-order valence-corrected chi connectivity index (χ4v) is 1.50. The Morgan fingerprint density at radius 2 is 2.17 bits per heavy atom. The highest BCUT2D eigenvalue weighted by Gasteiger charge is 2.21. The van der Waals surface area contributed by atoms with Gasteiger partial charge in [0.15, 0.2) is 0 Å². The van der Waals surface area contributed by atoms with E-state index in [4.69, 9.17) is 10.8 Å². The van der Waals surface area contributed by atoms with E-state index in [1.165, 1.54) is 12.1 Å². The molecule has 4 N–H and O–H groups in total. The van der Waals surface area contributed by atoms with Gasteiger partial charge in [-0.05, 0) is 24.6 Å². The number of nitrogens with two attached hydrogens (primary N) is 1. The Kier molecular flexibility index (Phi) is 4.65. The van der Waals surface area contributed by atoms with Crippen molar-refractivity contribution in [2.45, 2.75) is 25.8 Å². The Morgan fingerprint density at radius 3 is 2.67 bits per heavy atom. The van der Waals surface area contributed by atoms with Crippen LogP contribution < -0.4 is 11.1 Å². The molecule has 0 radical (unpaired) electrons. The molecule has 0 heterocycles. The molecular formula is C12H15FN2O3. The van der Waals surface area contributed by atoms with Gasteiger partial charge in [0.25, 0.3) is 5.91 Å². The molecule has 0 spiro atoms. The van der Waals surface area contributed by atoms with Crippen LogP contribution in [0.5, 0.6) is 0 Å². The first-order valence-corrected chi connectivity index (χ1v) is 5.54. The smallest absolute Gasteiger partial charge is 0.326 e. The average molecular weight is 254 g/mol. The number of amides is 1. The van der Waals surface area contributed by atoms with Crippen molar-refractivity contribution in [1.29, 1.82) is 0 Å². The Labute approximate surface area is 104 Å². The van der Waals surface area contributed by atoms with Crippen LogP contribution >= 0.6 is 0 Å². The normalized spacial score (nSPS) is 11.9. The summed E-state index contributed by atoms with van der Waals surface area (Å²) in [6.07, 6.45) is 0.888. The maximum atomic E-state index is 13.4. The maximum absolute atomic E-state index is 13.4. The summed E-state index contributed by atoms with van der Waals surface area (Å²) >= 11 is 0. The predicted octanol–water partition coefficient (Wildman–Crippen LogP) is 1.39. The second kappa shape index (κ2) is 6.00. The summed E-state index contributed by atoms with van der Waals surface area (Å²) in [4.78, 5) is 22.6. The van der Waals surface area contributed by atoms with E-state index in [9.17, 15) is 14.0 Å². The molecule has 0 aliphatic rings. The molecule has 0 aromatic heterocycles. The van der Waals surface area contributed by atoms with Crippen molar-refractivity contribution in [3.63, 3.8) is 0 Å². The second-order valence-corrected chi connectivity index (χ2v) is 3.89. The number of hydrogen-bond donors (Lipinski definition) is 3. The lowest BCUT2D eigenvalue weighted by Gasteiger charge is -2.13. The average Bonchev–Trinajstić information content (AvgIpc) is 2.27. The van der Waals surface area contributed by atoms with Gasteiger partial charge in [-0.15, -0.1) is 0 Å². The number of aliphatic carboxylic acids is 1. The molecule has 98 valence electrons. The number of halogens is 1. The Bertz CT molecular complexity index is 463. The van der Waals surface area contributed by atoms with Crippen molar-refractivity contribution in [2.24, 2.45) is 0 Å². The summed E-state index contributed by atoms with van der Waals surface area (Å²) < 4.78 is 13.4. The van der Waals surface area contributed by atoms with E-state index in [-0.39, 0.29) is 17.7 Å². The van der Waals surface area contributed by atoms with Gasteiger partial charge in [-0.25, -0.2) is 9.18 Å². The van der Waals surface area contributed by atoms with E-state index in [1.807, 2.05) is 0 Å². The van der Waals surface area contributed by atoms with Crippen molar-refractivity contribution < 1.29 is 19.1 Å². The molecule has 0 bridgehead atoms. The quantitative estimate of drug-likeness (QED) is 0.692. The van der Waals surface area contributed by atoms with Crippen LogP contribution in [0.15, 0.2) is 18.2 Å². The minimum Gasteiger partial charge on any atom is -0.480 e. The summed E-state index contributed by atoms with van der Waals surface area (Å²) in [5.74, 6) is -2.66. The molecule has 1 aromatic rings. The number of benzene rings is 1. The summed E-state index contributed by atoms with van der Waals surface area (Å²) in [6, 6.07) is 2.61. The van der Waals surface area contributed by atoms with Crippen LogP contribution in [0.2, 0.25) is 0 Å². The Morgan fingerprint density at radius 1 is 1.50 bits per heavy atom. The first-order valence-electron chi connectivity index (χ1n) is 5.54. The van der Waals surface area contributed by atoms with Crippen LogP contribution in [0.25, 0.3) is 0 Å². The van der Waals surface area contributed by atoms with Crippen LogP contribution in [-0.2, 0) is 4.79 Å². The SMILES string of the molecule is CCC[C@H](NC(=O)c1ccc(N)cc1F)C(=O)O. The summed E-state index contributed by atoms with van der Waals surface area (Å²) in [5.41, 5.74) is 5.34. The molecule has 0 saturated carbocycles. The lowest BCUT2D eigenvalue weighted by molar-refractivity contribution is -0.139. The number of nitrogens with one attached hydrogen (secondary N) is 1. The van der Waals surface area contributed by atoms with E-state index < -0.39 is 23.7 Å². The first-order chi connectivity index (χ1) is 8.45. The third-order valence-electron chi connectivity index (χ3n) is 2.42. The summed E-state index contributed by atoms with van der Waals surface area (Å²) in [5, 5.41) is 11.2. The zero-order valence-corrected chi connectivity index (χ0v) is 9.94. The molecule has 1 atom stereocenters. The predicted molar refractivity (Wildman–Crippen MR) is 64.6 cm³/mol. The van der Waals surface area contributed by atoms with Gasteiger partial charge >= 0.3 is 5.97 Å². The van der Waals surface area contributed by atoms with Crippen LogP contribution in [0.1, 0.15) is 30.1 Å². The molecular weight excluding hydrogens is 239 g/mol. The largest absolute Gasteiger partial charge is 0.480 e. The topological polar surface area (TPSA) is 92.4 Å². The van der Waals surface area contributed by atoms with Gasteiger partial charge in [0.1, 0.15) is 11.9 Å². The zero-order chi connectivity index (χ0) is 13.7. The lowest BCUT2D eigenvalue weighted by Crippen LogP contribution is -2.40. The van der Waals surface area contributed by atoms with Crippen LogP contribution in [-0.4, -0.2) is 23.0 Å². The molecule has 1 aromatic carbocycles. The molecule has 1 amide bonds. The molecule has 18 heavy (non-hydrogen) atoms. The maximum Gasteiger partial charge on any atom is 0.326 e. The zero-order valence-electron chi connectivity index (χ0n) is 9.94. The van der Waals surface area contributed by atoms with Crippen LogP contribution in [0.4, 0.5) is 10.1 Å². The van der Waals surface area contributed by atoms with Crippen molar-refractivity contribution in [2.75, 3.05) is 5.73 Å². The monoisotopic (exact) mass is 254 g/mol. The minimum absolute atomic E-state index is 0.201. The van der Waals surface area contributed by atoms with Gasteiger partial charge in [0.05, 0.1) is 5.56 Å². The third-order valence-corrected chi connectivity index (χ3v) is 2.42. The van der Waals surface area contributed by atoms with Crippen molar-refractivity contribution in [1.82, 2.24) is 5.32 Å². The Balaban J connectivity index is 2.83. The molecule has 6 heteroatoms. The molecule has 0 aliphatic carbocycles. The van der Waals surface area contributed by atoms with Crippen molar-refractivity contribution >= 4 is 17.6 Å².